The second kappa shape index (κ2) is 12.4. The van der Waals surface area contributed by atoms with Crippen molar-refractivity contribution >= 4 is 47.8 Å². The molecule has 0 atom stereocenters. The third-order valence-electron chi connectivity index (χ3n) is 5.07. The highest BCUT2D eigenvalue weighted by Crippen LogP contribution is 2.21. The number of nitrogens with zero attached hydrogens (tertiary/aromatic N) is 2. The monoisotopic (exact) mass is 604 g/mol. The van der Waals surface area contributed by atoms with Crippen LogP contribution in [0.3, 0.4) is 0 Å². The Morgan fingerprint density at radius 2 is 1.36 bits per heavy atom. The van der Waals surface area contributed by atoms with Crippen LogP contribution in [0.2, 0.25) is 0 Å². The van der Waals surface area contributed by atoms with Gasteiger partial charge in [-0.3, -0.25) is 0 Å². The average Bonchev–Trinajstić information content (AvgIpc) is 2.83. The summed E-state index contributed by atoms with van der Waals surface area (Å²) < 4.78 is 56.9. The van der Waals surface area contributed by atoms with Crippen molar-refractivity contribution < 1.29 is 26.4 Å². The van der Waals surface area contributed by atoms with Gasteiger partial charge in [-0.1, -0.05) is 28.1 Å². The lowest BCUT2D eigenvalue weighted by molar-refractivity contribution is 0.0240. The number of carbonyl (C=O) groups excluding carboxylic acids is 1. The Balaban J connectivity index is 0.000000319. The van der Waals surface area contributed by atoms with E-state index < -0.39 is 25.6 Å². The standard InChI is InChI=1S/C16H25N3O4S.C7H8BrNO2S/c1-16(2,3)23-15(20)19-10-8-18(9-11-19)13-6-5-7-14(12-13)24(21,22)17-4;1-9-12(10,11)7-4-2-3-6(8)5-7/h5-7,12,17H,8-11H2,1-4H3;2-5,9H,1H3. The van der Waals surface area contributed by atoms with Crippen LogP contribution >= 0.6 is 15.9 Å². The van der Waals surface area contributed by atoms with Crippen molar-refractivity contribution in [2.24, 2.45) is 0 Å². The Bertz CT molecular complexity index is 1260. The van der Waals surface area contributed by atoms with Gasteiger partial charge in [0, 0.05) is 36.3 Å². The van der Waals surface area contributed by atoms with E-state index in [1.807, 2.05) is 26.8 Å². The van der Waals surface area contributed by atoms with Crippen LogP contribution in [0.1, 0.15) is 20.8 Å². The zero-order valence-corrected chi connectivity index (χ0v) is 24.2. The van der Waals surface area contributed by atoms with Crippen LogP contribution < -0.4 is 14.3 Å². The molecule has 10 nitrogen and oxygen atoms in total. The lowest BCUT2D eigenvalue weighted by Gasteiger charge is -2.36. The Kier molecular flexibility index (Phi) is 10.3. The molecule has 0 radical (unpaired) electrons. The van der Waals surface area contributed by atoms with Gasteiger partial charge in [-0.15, -0.1) is 0 Å². The fourth-order valence-corrected chi connectivity index (χ4v) is 5.29. The van der Waals surface area contributed by atoms with Gasteiger partial charge in [-0.2, -0.15) is 0 Å². The summed E-state index contributed by atoms with van der Waals surface area (Å²) >= 11 is 3.19. The summed E-state index contributed by atoms with van der Waals surface area (Å²) in [6.07, 6.45) is -0.311. The molecular weight excluding hydrogens is 572 g/mol. The number of hydrogen-bond donors (Lipinski definition) is 2. The first-order chi connectivity index (χ1) is 16.7. The first kappa shape index (κ1) is 30.0. The molecule has 1 aliphatic heterocycles. The highest BCUT2D eigenvalue weighted by Gasteiger charge is 2.26. The molecular formula is C23H33BrN4O6S2. The van der Waals surface area contributed by atoms with Crippen molar-refractivity contribution in [2.75, 3.05) is 45.2 Å². The number of carbonyl (C=O) groups is 1. The molecule has 2 aromatic carbocycles. The second-order valence-electron chi connectivity index (χ2n) is 8.82. The van der Waals surface area contributed by atoms with E-state index in [9.17, 15) is 21.6 Å². The summed E-state index contributed by atoms with van der Waals surface area (Å²) in [6, 6.07) is 13.3. The Morgan fingerprint density at radius 1 is 0.861 bits per heavy atom. The van der Waals surface area contributed by atoms with Gasteiger partial charge in [-0.05, 0) is 71.3 Å². The molecule has 1 aliphatic rings. The predicted molar refractivity (Wildman–Crippen MR) is 143 cm³/mol. The number of amides is 1. The van der Waals surface area contributed by atoms with Crippen molar-refractivity contribution in [3.8, 4) is 0 Å². The minimum Gasteiger partial charge on any atom is -0.444 e. The Morgan fingerprint density at radius 3 is 1.83 bits per heavy atom. The predicted octanol–water partition coefficient (Wildman–Crippen LogP) is 3.01. The summed E-state index contributed by atoms with van der Waals surface area (Å²) in [4.78, 5) is 16.3. The van der Waals surface area contributed by atoms with E-state index in [0.717, 1.165) is 10.2 Å². The van der Waals surface area contributed by atoms with Crippen LogP contribution in [0.25, 0.3) is 0 Å². The number of nitrogens with one attached hydrogen (secondary N) is 2. The van der Waals surface area contributed by atoms with E-state index in [1.165, 1.54) is 20.2 Å². The lowest BCUT2D eigenvalue weighted by Crippen LogP contribution is -2.50. The van der Waals surface area contributed by atoms with E-state index in [2.05, 4.69) is 30.3 Å². The van der Waals surface area contributed by atoms with Crippen LogP contribution in [0.4, 0.5) is 10.5 Å². The van der Waals surface area contributed by atoms with Crippen LogP contribution in [-0.4, -0.2) is 73.7 Å². The van der Waals surface area contributed by atoms with Gasteiger partial charge in [0.25, 0.3) is 0 Å². The Labute approximate surface area is 222 Å². The number of rotatable bonds is 5. The van der Waals surface area contributed by atoms with Crippen molar-refractivity contribution in [1.82, 2.24) is 14.3 Å². The quantitative estimate of drug-likeness (QED) is 0.537. The van der Waals surface area contributed by atoms with Gasteiger partial charge < -0.3 is 14.5 Å². The first-order valence-electron chi connectivity index (χ1n) is 11.1. The molecule has 1 heterocycles. The maximum Gasteiger partial charge on any atom is 0.410 e. The molecule has 2 N–H and O–H groups in total. The SMILES string of the molecule is CNS(=O)(=O)c1cccc(Br)c1.CNS(=O)(=O)c1cccc(N2CCN(C(=O)OC(C)(C)C)CC2)c1. The molecule has 1 amide bonds. The van der Waals surface area contributed by atoms with E-state index in [1.54, 1.807) is 41.3 Å². The second-order valence-corrected chi connectivity index (χ2v) is 13.5. The maximum atomic E-state index is 12.1. The smallest absolute Gasteiger partial charge is 0.410 e. The summed E-state index contributed by atoms with van der Waals surface area (Å²) in [5, 5.41) is 0. The van der Waals surface area contributed by atoms with Gasteiger partial charge in [0.05, 0.1) is 9.79 Å². The molecule has 0 aliphatic carbocycles. The van der Waals surface area contributed by atoms with E-state index in [-0.39, 0.29) is 15.9 Å². The van der Waals surface area contributed by atoms with Gasteiger partial charge in [0.1, 0.15) is 5.60 Å². The third kappa shape index (κ3) is 8.73. The fraction of sp³-hybridized carbons (Fsp3) is 0.435. The van der Waals surface area contributed by atoms with E-state index in [4.69, 9.17) is 4.74 Å². The molecule has 3 rings (SSSR count). The number of ether oxygens (including phenoxy) is 1. The fourth-order valence-electron chi connectivity index (χ4n) is 3.19. The van der Waals surface area contributed by atoms with Crippen molar-refractivity contribution in [2.45, 2.75) is 36.2 Å². The average molecular weight is 606 g/mol. The maximum absolute atomic E-state index is 12.1. The zero-order valence-electron chi connectivity index (χ0n) is 21.0. The van der Waals surface area contributed by atoms with Crippen molar-refractivity contribution in [3.05, 3.63) is 53.0 Å². The minimum atomic E-state index is -3.47. The molecule has 13 heteroatoms. The lowest BCUT2D eigenvalue weighted by atomic mass is 10.2. The molecule has 36 heavy (non-hydrogen) atoms. The van der Waals surface area contributed by atoms with Gasteiger partial charge in [-0.25, -0.2) is 31.1 Å². The number of sulfonamides is 2. The normalized spacial score (nSPS) is 14.6. The molecule has 1 saturated heterocycles. The molecule has 0 unspecified atom stereocenters. The summed E-state index contributed by atoms with van der Waals surface area (Å²) in [6.45, 7) is 7.86. The highest BCUT2D eigenvalue weighted by molar-refractivity contribution is 9.10. The van der Waals surface area contributed by atoms with Crippen molar-refractivity contribution in [3.63, 3.8) is 0 Å². The Hall–Kier alpha value is -2.19. The van der Waals surface area contributed by atoms with Gasteiger partial charge in [0.2, 0.25) is 20.0 Å². The zero-order chi connectivity index (χ0) is 27.1. The molecule has 0 aromatic heterocycles. The van der Waals surface area contributed by atoms with Crippen LogP contribution in [-0.2, 0) is 24.8 Å². The summed E-state index contributed by atoms with van der Waals surface area (Å²) in [5.74, 6) is 0. The van der Waals surface area contributed by atoms with Crippen LogP contribution in [0.5, 0.6) is 0 Å². The molecule has 0 saturated carbocycles. The van der Waals surface area contributed by atoms with Gasteiger partial charge in [0.15, 0.2) is 0 Å². The van der Waals surface area contributed by atoms with E-state index >= 15 is 0 Å². The van der Waals surface area contributed by atoms with Crippen molar-refractivity contribution in [1.29, 1.82) is 0 Å². The molecule has 200 valence electrons. The molecule has 2 aromatic rings. The molecule has 0 bridgehead atoms. The molecule has 0 spiro atoms. The largest absolute Gasteiger partial charge is 0.444 e. The highest BCUT2D eigenvalue weighted by atomic mass is 79.9. The topological polar surface area (TPSA) is 125 Å². The number of halogens is 1. The summed E-state index contributed by atoms with van der Waals surface area (Å²) in [5.41, 5.74) is 0.319. The minimum absolute atomic E-state index is 0.233. The number of benzene rings is 2. The van der Waals surface area contributed by atoms with E-state index in [0.29, 0.717) is 26.2 Å². The molecule has 1 fully saturated rings. The van der Waals surface area contributed by atoms with Gasteiger partial charge >= 0.3 is 6.09 Å². The third-order valence-corrected chi connectivity index (χ3v) is 8.39. The number of piperazine rings is 1. The number of hydrogen-bond acceptors (Lipinski definition) is 7. The first-order valence-corrected chi connectivity index (χ1v) is 14.9. The van der Waals surface area contributed by atoms with Crippen LogP contribution in [0, 0.1) is 0 Å². The number of anilines is 1. The van der Waals surface area contributed by atoms with Crippen LogP contribution in [0.15, 0.2) is 62.8 Å². The summed E-state index contributed by atoms with van der Waals surface area (Å²) in [7, 11) is -3.99.